The van der Waals surface area contributed by atoms with Crippen molar-refractivity contribution in [1.29, 1.82) is 0 Å². The van der Waals surface area contributed by atoms with E-state index in [0.717, 1.165) is 32.2 Å². The molecule has 0 bridgehead atoms. The Morgan fingerprint density at radius 1 is 1.00 bits per heavy atom. The number of likely N-dealkylation sites (tertiary alicyclic amines) is 1. The summed E-state index contributed by atoms with van der Waals surface area (Å²) in [6.07, 6.45) is 4.29. The van der Waals surface area contributed by atoms with Crippen molar-refractivity contribution in [2.24, 2.45) is 11.8 Å². The topological polar surface area (TPSA) is 57.7 Å². The quantitative estimate of drug-likeness (QED) is 0.810. The Balaban J connectivity index is 1.77. The third-order valence-corrected chi connectivity index (χ3v) is 7.48. The van der Waals surface area contributed by atoms with Crippen molar-refractivity contribution >= 4 is 15.9 Å². The summed E-state index contributed by atoms with van der Waals surface area (Å²) in [5.41, 5.74) is 0.568. The molecule has 2 fully saturated rings. The molecule has 3 atom stereocenters. The van der Waals surface area contributed by atoms with Gasteiger partial charge in [-0.15, -0.1) is 0 Å². The second-order valence-corrected chi connectivity index (χ2v) is 10.1. The summed E-state index contributed by atoms with van der Waals surface area (Å²) in [4.78, 5) is 14.9. The average molecular weight is 379 g/mol. The van der Waals surface area contributed by atoms with Crippen molar-refractivity contribution in [3.63, 3.8) is 0 Å². The smallest absolute Gasteiger partial charge is 0.254 e. The minimum atomic E-state index is -3.50. The van der Waals surface area contributed by atoms with Crippen LogP contribution in [0.2, 0.25) is 0 Å². The monoisotopic (exact) mass is 378 g/mol. The van der Waals surface area contributed by atoms with Crippen molar-refractivity contribution in [1.82, 2.24) is 9.21 Å². The maximum absolute atomic E-state index is 12.9. The maximum Gasteiger partial charge on any atom is 0.254 e. The number of benzene rings is 1. The van der Waals surface area contributed by atoms with E-state index < -0.39 is 10.0 Å². The minimum absolute atomic E-state index is 0.00126. The summed E-state index contributed by atoms with van der Waals surface area (Å²) in [6, 6.07) is 6.74. The van der Waals surface area contributed by atoms with Gasteiger partial charge in [-0.2, -0.15) is 4.31 Å². The van der Waals surface area contributed by atoms with E-state index in [-0.39, 0.29) is 16.8 Å². The molecule has 0 aliphatic carbocycles. The van der Waals surface area contributed by atoms with Crippen LogP contribution >= 0.6 is 0 Å². The molecule has 5 nitrogen and oxygen atoms in total. The van der Waals surface area contributed by atoms with Gasteiger partial charge in [-0.3, -0.25) is 4.79 Å². The van der Waals surface area contributed by atoms with Gasteiger partial charge in [0, 0.05) is 31.2 Å². The van der Waals surface area contributed by atoms with Crippen LogP contribution in [0.15, 0.2) is 29.2 Å². The van der Waals surface area contributed by atoms with Crippen molar-refractivity contribution in [2.45, 2.75) is 57.4 Å². The predicted octanol–water partition coefficient (Wildman–Crippen LogP) is 3.37. The summed E-state index contributed by atoms with van der Waals surface area (Å²) in [5, 5.41) is 0. The fourth-order valence-corrected chi connectivity index (χ4v) is 5.97. The summed E-state index contributed by atoms with van der Waals surface area (Å²) >= 11 is 0. The van der Waals surface area contributed by atoms with Gasteiger partial charge in [0.15, 0.2) is 0 Å². The number of sulfonamides is 1. The number of nitrogens with zero attached hydrogens (tertiary/aromatic N) is 2. The normalized spacial score (nSPS) is 28.1. The molecule has 144 valence electrons. The fourth-order valence-electron chi connectivity index (χ4n) is 4.29. The maximum atomic E-state index is 12.9. The van der Waals surface area contributed by atoms with E-state index in [9.17, 15) is 13.2 Å². The Labute approximate surface area is 157 Å². The van der Waals surface area contributed by atoms with E-state index in [1.54, 1.807) is 28.6 Å². The highest BCUT2D eigenvalue weighted by Crippen LogP contribution is 2.27. The highest BCUT2D eigenvalue weighted by Gasteiger charge is 2.32. The predicted molar refractivity (Wildman–Crippen MR) is 102 cm³/mol. The molecule has 0 spiro atoms. The first kappa shape index (κ1) is 19.4. The van der Waals surface area contributed by atoms with E-state index >= 15 is 0 Å². The molecule has 0 radical (unpaired) electrons. The van der Waals surface area contributed by atoms with Crippen LogP contribution in [0.4, 0.5) is 0 Å². The van der Waals surface area contributed by atoms with Crippen LogP contribution in [0.25, 0.3) is 0 Å². The molecule has 6 heteroatoms. The van der Waals surface area contributed by atoms with Crippen LogP contribution in [0.1, 0.15) is 56.8 Å². The number of rotatable bonds is 3. The first-order valence-electron chi connectivity index (χ1n) is 9.70. The van der Waals surface area contributed by atoms with Crippen molar-refractivity contribution in [3.8, 4) is 0 Å². The molecular formula is C20H30N2O3S. The number of carbonyl (C=O) groups excluding carboxylic acids is 1. The van der Waals surface area contributed by atoms with Gasteiger partial charge >= 0.3 is 0 Å². The molecule has 3 rings (SSSR count). The molecule has 2 aliphatic heterocycles. The minimum Gasteiger partial charge on any atom is -0.336 e. The number of carbonyl (C=O) groups is 1. The van der Waals surface area contributed by atoms with Crippen LogP contribution in [-0.4, -0.2) is 49.2 Å². The number of amides is 1. The third-order valence-electron chi connectivity index (χ3n) is 5.64. The molecule has 0 saturated carbocycles. The number of piperidine rings is 2. The Hall–Kier alpha value is -1.40. The number of hydrogen-bond acceptors (Lipinski definition) is 3. The van der Waals surface area contributed by atoms with E-state index in [4.69, 9.17) is 0 Å². The molecule has 0 N–H and O–H groups in total. The summed E-state index contributed by atoms with van der Waals surface area (Å²) < 4.78 is 27.5. The number of hydrogen-bond donors (Lipinski definition) is 0. The summed E-state index contributed by atoms with van der Waals surface area (Å²) in [6.45, 7) is 8.19. The standard InChI is InChI=1S/C20H30N2O3S/c1-15-12-16(2)14-21(13-15)26(24,25)19-9-7-18(8-10-19)20(23)22-11-5-4-6-17(22)3/h7-10,15-17H,4-6,11-14H2,1-3H3. The van der Waals surface area contributed by atoms with Crippen LogP contribution in [-0.2, 0) is 10.0 Å². The molecule has 26 heavy (non-hydrogen) atoms. The third kappa shape index (κ3) is 3.96. The fraction of sp³-hybridized carbons (Fsp3) is 0.650. The van der Waals surface area contributed by atoms with Gasteiger partial charge in [0.2, 0.25) is 10.0 Å². The highest BCUT2D eigenvalue weighted by molar-refractivity contribution is 7.89. The highest BCUT2D eigenvalue weighted by atomic mass is 32.2. The van der Waals surface area contributed by atoms with Crippen LogP contribution in [0.3, 0.4) is 0 Å². The second kappa shape index (κ2) is 7.69. The summed E-state index contributed by atoms with van der Waals surface area (Å²) in [7, 11) is -3.50. The van der Waals surface area contributed by atoms with E-state index in [0.29, 0.717) is 30.5 Å². The molecular weight excluding hydrogens is 348 g/mol. The first-order chi connectivity index (χ1) is 12.3. The average Bonchev–Trinajstić information content (AvgIpc) is 2.61. The van der Waals surface area contributed by atoms with Crippen LogP contribution in [0.5, 0.6) is 0 Å². The Bertz CT molecular complexity index is 735. The SMILES string of the molecule is CC1CC(C)CN(S(=O)(=O)c2ccc(C(=O)N3CCCCC3C)cc2)C1. The molecule has 1 amide bonds. The Kier molecular flexibility index (Phi) is 5.72. The van der Waals surface area contributed by atoms with Gasteiger partial charge < -0.3 is 4.90 Å². The van der Waals surface area contributed by atoms with Gasteiger partial charge in [-0.1, -0.05) is 13.8 Å². The largest absolute Gasteiger partial charge is 0.336 e. The molecule has 0 aromatic heterocycles. The van der Waals surface area contributed by atoms with Crippen LogP contribution in [0, 0.1) is 11.8 Å². The van der Waals surface area contributed by atoms with E-state index in [1.165, 1.54) is 0 Å². The molecule has 2 saturated heterocycles. The molecule has 1 aromatic rings. The van der Waals surface area contributed by atoms with E-state index in [2.05, 4.69) is 20.8 Å². The van der Waals surface area contributed by atoms with Gasteiger partial charge in [0.05, 0.1) is 4.90 Å². The van der Waals surface area contributed by atoms with Crippen molar-refractivity contribution in [2.75, 3.05) is 19.6 Å². The van der Waals surface area contributed by atoms with Gasteiger partial charge in [-0.05, 0) is 68.7 Å². The zero-order chi connectivity index (χ0) is 18.9. The Morgan fingerprint density at radius 2 is 1.62 bits per heavy atom. The summed E-state index contributed by atoms with van der Waals surface area (Å²) in [5.74, 6) is 0.742. The lowest BCUT2D eigenvalue weighted by Crippen LogP contribution is -2.42. The molecule has 3 unspecified atom stereocenters. The van der Waals surface area contributed by atoms with Gasteiger partial charge in [-0.25, -0.2) is 8.42 Å². The Morgan fingerprint density at radius 3 is 2.19 bits per heavy atom. The van der Waals surface area contributed by atoms with Gasteiger partial charge in [0.25, 0.3) is 5.91 Å². The first-order valence-corrected chi connectivity index (χ1v) is 11.1. The zero-order valence-electron chi connectivity index (χ0n) is 16.0. The van der Waals surface area contributed by atoms with Crippen molar-refractivity contribution < 1.29 is 13.2 Å². The zero-order valence-corrected chi connectivity index (χ0v) is 16.8. The van der Waals surface area contributed by atoms with Crippen molar-refractivity contribution in [3.05, 3.63) is 29.8 Å². The molecule has 2 heterocycles. The lowest BCUT2D eigenvalue weighted by Gasteiger charge is -2.34. The van der Waals surface area contributed by atoms with Gasteiger partial charge in [0.1, 0.15) is 0 Å². The molecule has 1 aromatic carbocycles. The lowest BCUT2D eigenvalue weighted by molar-refractivity contribution is 0.0635. The lowest BCUT2D eigenvalue weighted by atomic mass is 9.94. The van der Waals surface area contributed by atoms with E-state index in [1.807, 2.05) is 4.90 Å². The van der Waals surface area contributed by atoms with Crippen LogP contribution < -0.4 is 0 Å². The second-order valence-electron chi connectivity index (χ2n) is 8.14. The molecule has 2 aliphatic rings.